The molecule has 1 saturated heterocycles. The predicted octanol–water partition coefficient (Wildman–Crippen LogP) is 5.91. The van der Waals surface area contributed by atoms with Crippen molar-refractivity contribution < 1.29 is 18.3 Å². The zero-order valence-corrected chi connectivity index (χ0v) is 17.5. The van der Waals surface area contributed by atoms with Crippen LogP contribution in [0.15, 0.2) is 47.8 Å². The van der Waals surface area contributed by atoms with Crippen LogP contribution in [0.4, 0.5) is 8.78 Å². The fraction of sp³-hybridized carbons (Fsp3) is 0.348. The third-order valence-electron chi connectivity index (χ3n) is 5.13. The van der Waals surface area contributed by atoms with E-state index in [-0.39, 0.29) is 5.82 Å². The number of hydrogen-bond donors (Lipinski definition) is 0. The molecule has 1 atom stereocenters. The van der Waals surface area contributed by atoms with Gasteiger partial charge in [0.1, 0.15) is 22.2 Å². The van der Waals surface area contributed by atoms with Crippen molar-refractivity contribution in [2.75, 3.05) is 13.7 Å². The average Bonchev–Trinajstić information content (AvgIpc) is 3.35. The minimum Gasteiger partial charge on any atom is -0.496 e. The van der Waals surface area contributed by atoms with Crippen LogP contribution < -0.4 is 4.74 Å². The number of aryl methyl sites for hydroxylation is 1. The molecule has 0 amide bonds. The maximum absolute atomic E-state index is 13.9. The second-order valence-electron chi connectivity index (χ2n) is 7.91. The molecule has 0 N–H and O–H groups in total. The van der Waals surface area contributed by atoms with E-state index in [1.807, 2.05) is 23.6 Å². The molecule has 1 aliphatic rings. The molecule has 1 fully saturated rings. The lowest BCUT2D eigenvalue weighted by atomic mass is 9.94. The SMILES string of the molecule is COc1ccc(CCC(C)(C)F)cc1C1(c2nc(-c3ccc(F)cc3)cs2)CO1. The average molecular weight is 416 g/mol. The smallest absolute Gasteiger partial charge is 0.171 e. The van der Waals surface area contributed by atoms with E-state index in [4.69, 9.17) is 14.5 Å². The molecule has 3 aromatic rings. The molecule has 29 heavy (non-hydrogen) atoms. The number of alkyl halides is 1. The van der Waals surface area contributed by atoms with Gasteiger partial charge in [-0.3, -0.25) is 0 Å². The molecule has 2 heterocycles. The fourth-order valence-corrected chi connectivity index (χ4v) is 4.33. The molecule has 2 aromatic carbocycles. The van der Waals surface area contributed by atoms with Crippen LogP contribution >= 0.6 is 11.3 Å². The van der Waals surface area contributed by atoms with Gasteiger partial charge in [0, 0.05) is 16.5 Å². The van der Waals surface area contributed by atoms with Crippen LogP contribution in [-0.4, -0.2) is 24.4 Å². The van der Waals surface area contributed by atoms with Crippen LogP contribution in [0.1, 0.15) is 36.4 Å². The molecule has 0 radical (unpaired) electrons. The number of nitrogens with zero attached hydrogens (tertiary/aromatic N) is 1. The summed E-state index contributed by atoms with van der Waals surface area (Å²) in [4.78, 5) is 4.77. The molecule has 1 unspecified atom stereocenters. The summed E-state index contributed by atoms with van der Waals surface area (Å²) >= 11 is 1.51. The molecule has 152 valence electrons. The Morgan fingerprint density at radius 2 is 1.93 bits per heavy atom. The highest BCUT2D eigenvalue weighted by Gasteiger charge is 2.52. The highest BCUT2D eigenvalue weighted by atomic mass is 32.1. The number of rotatable bonds is 7. The van der Waals surface area contributed by atoms with Crippen LogP contribution in [0.5, 0.6) is 5.75 Å². The van der Waals surface area contributed by atoms with Crippen LogP contribution in [-0.2, 0) is 16.8 Å². The van der Waals surface area contributed by atoms with Gasteiger partial charge in [-0.05, 0) is 68.7 Å². The van der Waals surface area contributed by atoms with Gasteiger partial charge in [-0.2, -0.15) is 0 Å². The van der Waals surface area contributed by atoms with Gasteiger partial charge in [-0.1, -0.05) is 6.07 Å². The molecular weight excluding hydrogens is 392 g/mol. The summed E-state index contributed by atoms with van der Waals surface area (Å²) < 4.78 is 38.6. The van der Waals surface area contributed by atoms with Crippen LogP contribution in [0.25, 0.3) is 11.3 Å². The van der Waals surface area contributed by atoms with Gasteiger partial charge in [-0.15, -0.1) is 11.3 Å². The first kappa shape index (κ1) is 20.0. The Morgan fingerprint density at radius 1 is 1.21 bits per heavy atom. The summed E-state index contributed by atoms with van der Waals surface area (Å²) in [7, 11) is 1.63. The van der Waals surface area contributed by atoms with E-state index in [9.17, 15) is 8.78 Å². The quantitative estimate of drug-likeness (QED) is 0.450. The largest absolute Gasteiger partial charge is 0.496 e. The molecule has 1 aromatic heterocycles. The molecule has 0 saturated carbocycles. The predicted molar refractivity (Wildman–Crippen MR) is 111 cm³/mol. The third-order valence-corrected chi connectivity index (χ3v) is 6.12. The standard InChI is InChI=1S/C23H23F2NO2S/c1-22(2,25)11-10-15-4-9-20(27-3)18(12-15)23(14-28-23)21-26-19(13-29-21)16-5-7-17(24)8-6-16/h4-9,12-13H,10-11,14H2,1-3H3. The van der Waals surface area contributed by atoms with Crippen molar-refractivity contribution in [3.05, 3.63) is 69.8 Å². The Bertz CT molecular complexity index is 1000. The van der Waals surface area contributed by atoms with Crippen molar-refractivity contribution in [1.29, 1.82) is 0 Å². The van der Waals surface area contributed by atoms with E-state index in [1.54, 1.807) is 33.1 Å². The van der Waals surface area contributed by atoms with Gasteiger partial charge in [0.25, 0.3) is 0 Å². The molecule has 6 heteroatoms. The second-order valence-corrected chi connectivity index (χ2v) is 8.77. The van der Waals surface area contributed by atoms with E-state index in [0.717, 1.165) is 33.1 Å². The Morgan fingerprint density at radius 3 is 2.55 bits per heavy atom. The number of epoxide rings is 1. The van der Waals surface area contributed by atoms with E-state index >= 15 is 0 Å². The van der Waals surface area contributed by atoms with Crippen molar-refractivity contribution >= 4 is 11.3 Å². The minimum atomic E-state index is -1.22. The molecule has 0 spiro atoms. The zero-order chi connectivity index (χ0) is 20.6. The van der Waals surface area contributed by atoms with E-state index in [2.05, 4.69) is 0 Å². The number of aromatic nitrogens is 1. The molecule has 1 aliphatic heterocycles. The van der Waals surface area contributed by atoms with Gasteiger partial charge < -0.3 is 9.47 Å². The van der Waals surface area contributed by atoms with Gasteiger partial charge >= 0.3 is 0 Å². The van der Waals surface area contributed by atoms with Gasteiger partial charge in [0.15, 0.2) is 5.60 Å². The number of hydrogen-bond acceptors (Lipinski definition) is 4. The molecular formula is C23H23F2NO2S. The first-order chi connectivity index (χ1) is 13.8. The summed E-state index contributed by atoms with van der Waals surface area (Å²) in [5.41, 5.74) is 1.73. The van der Waals surface area contributed by atoms with E-state index in [0.29, 0.717) is 19.4 Å². The minimum absolute atomic E-state index is 0.274. The Kier molecular flexibility index (Phi) is 5.17. The van der Waals surface area contributed by atoms with Crippen LogP contribution in [0, 0.1) is 5.82 Å². The zero-order valence-electron chi connectivity index (χ0n) is 16.7. The summed E-state index contributed by atoms with van der Waals surface area (Å²) in [6, 6.07) is 12.2. The highest BCUT2D eigenvalue weighted by Crippen LogP contribution is 2.50. The van der Waals surface area contributed by atoms with Gasteiger partial charge in [0.05, 0.1) is 19.4 Å². The lowest BCUT2D eigenvalue weighted by Crippen LogP contribution is -2.15. The molecule has 3 nitrogen and oxygen atoms in total. The summed E-state index contributed by atoms with van der Waals surface area (Å²) in [6.45, 7) is 3.70. The maximum Gasteiger partial charge on any atom is 0.171 e. The fourth-order valence-electron chi connectivity index (χ4n) is 3.35. The number of halogens is 2. The van der Waals surface area contributed by atoms with E-state index < -0.39 is 11.3 Å². The van der Waals surface area contributed by atoms with Gasteiger partial charge in [-0.25, -0.2) is 13.8 Å². The second kappa shape index (κ2) is 7.50. The maximum atomic E-state index is 13.9. The van der Waals surface area contributed by atoms with Crippen molar-refractivity contribution in [1.82, 2.24) is 4.98 Å². The Hall–Kier alpha value is -2.31. The lowest BCUT2D eigenvalue weighted by Gasteiger charge is -2.17. The summed E-state index contributed by atoms with van der Waals surface area (Å²) in [6.07, 6.45) is 1.08. The highest BCUT2D eigenvalue weighted by molar-refractivity contribution is 7.10. The van der Waals surface area contributed by atoms with Crippen LogP contribution in [0.3, 0.4) is 0 Å². The number of ether oxygens (including phenoxy) is 2. The molecule has 0 bridgehead atoms. The summed E-state index contributed by atoms with van der Waals surface area (Å²) in [5.74, 6) is 0.452. The van der Waals surface area contributed by atoms with Crippen molar-refractivity contribution in [3.63, 3.8) is 0 Å². The first-order valence-electron chi connectivity index (χ1n) is 9.53. The Balaban J connectivity index is 1.66. The third kappa shape index (κ3) is 4.19. The van der Waals surface area contributed by atoms with Crippen molar-refractivity contribution in [2.45, 2.75) is 38.0 Å². The molecule has 4 rings (SSSR count). The number of benzene rings is 2. The summed E-state index contributed by atoms with van der Waals surface area (Å²) in [5, 5.41) is 2.78. The monoisotopic (exact) mass is 415 g/mol. The van der Waals surface area contributed by atoms with E-state index in [1.165, 1.54) is 23.5 Å². The lowest BCUT2D eigenvalue weighted by molar-refractivity contribution is 0.202. The number of thiazole rings is 1. The van der Waals surface area contributed by atoms with Crippen molar-refractivity contribution in [3.8, 4) is 17.0 Å². The molecule has 0 aliphatic carbocycles. The first-order valence-corrected chi connectivity index (χ1v) is 10.4. The van der Waals surface area contributed by atoms with Crippen LogP contribution in [0.2, 0.25) is 0 Å². The Labute approximate surface area is 173 Å². The number of methoxy groups -OCH3 is 1. The normalized spacial score (nSPS) is 18.7. The van der Waals surface area contributed by atoms with Crippen molar-refractivity contribution in [2.24, 2.45) is 0 Å². The van der Waals surface area contributed by atoms with Gasteiger partial charge in [0.2, 0.25) is 0 Å². The topological polar surface area (TPSA) is 34.6 Å².